The molecule has 0 saturated heterocycles. The van der Waals surface area contributed by atoms with Crippen LogP contribution in [0, 0.1) is 0 Å². The lowest BCUT2D eigenvalue weighted by Gasteiger charge is -2.03. The molecule has 0 amide bonds. The predicted octanol–water partition coefficient (Wildman–Crippen LogP) is 3.08. The maximum absolute atomic E-state index is 5.96. The number of halogens is 1. The van der Waals surface area contributed by atoms with Gasteiger partial charge in [-0.25, -0.2) is 0 Å². The van der Waals surface area contributed by atoms with E-state index < -0.39 is 0 Å². The molecule has 0 radical (unpaired) electrons. The number of benzene rings is 1. The molecule has 96 valence electrons. The Bertz CT molecular complexity index is 493. The minimum Gasteiger partial charge on any atom is -0.311 e. The van der Waals surface area contributed by atoms with E-state index >= 15 is 0 Å². The van der Waals surface area contributed by atoms with Gasteiger partial charge in [0.05, 0.1) is 12.2 Å². The van der Waals surface area contributed by atoms with Gasteiger partial charge in [-0.15, -0.1) is 0 Å². The number of hydrogen-bond acceptors (Lipinski definition) is 2. The van der Waals surface area contributed by atoms with Crippen LogP contribution < -0.4 is 5.32 Å². The van der Waals surface area contributed by atoms with Gasteiger partial charge in [0.25, 0.3) is 0 Å². The summed E-state index contributed by atoms with van der Waals surface area (Å²) in [6.07, 6.45) is 3.15. The molecule has 1 heterocycles. The Morgan fingerprint density at radius 3 is 3.00 bits per heavy atom. The van der Waals surface area contributed by atoms with Crippen molar-refractivity contribution in [2.45, 2.75) is 26.4 Å². The SMILES string of the molecule is CCCNCc1ccn(Cc2cccc(Cl)c2)n1. The molecule has 0 spiro atoms. The second kappa shape index (κ2) is 6.57. The van der Waals surface area contributed by atoms with E-state index in [2.05, 4.69) is 23.4 Å². The van der Waals surface area contributed by atoms with Crippen LogP contribution in [-0.2, 0) is 13.1 Å². The van der Waals surface area contributed by atoms with Gasteiger partial charge in [0.1, 0.15) is 0 Å². The lowest BCUT2D eigenvalue weighted by Crippen LogP contribution is -2.14. The quantitative estimate of drug-likeness (QED) is 0.812. The number of aromatic nitrogens is 2. The molecule has 0 unspecified atom stereocenters. The second-order valence-electron chi connectivity index (χ2n) is 4.31. The van der Waals surface area contributed by atoms with E-state index in [1.807, 2.05) is 35.1 Å². The standard InChI is InChI=1S/C14H18ClN3/c1-2-7-16-10-14-6-8-18(17-14)11-12-4-3-5-13(15)9-12/h3-6,8-9,16H,2,7,10-11H2,1H3. The topological polar surface area (TPSA) is 29.9 Å². The van der Waals surface area contributed by atoms with Crippen LogP contribution in [0.4, 0.5) is 0 Å². The fourth-order valence-electron chi connectivity index (χ4n) is 1.80. The van der Waals surface area contributed by atoms with E-state index in [1.165, 1.54) is 5.56 Å². The summed E-state index contributed by atoms with van der Waals surface area (Å²) < 4.78 is 1.94. The Morgan fingerprint density at radius 2 is 2.22 bits per heavy atom. The number of hydrogen-bond donors (Lipinski definition) is 1. The van der Waals surface area contributed by atoms with Gasteiger partial charge in [0, 0.05) is 17.8 Å². The van der Waals surface area contributed by atoms with Crippen LogP contribution in [-0.4, -0.2) is 16.3 Å². The zero-order chi connectivity index (χ0) is 12.8. The minimum absolute atomic E-state index is 0.758. The summed E-state index contributed by atoms with van der Waals surface area (Å²) in [4.78, 5) is 0. The number of nitrogens with zero attached hydrogens (tertiary/aromatic N) is 2. The van der Waals surface area contributed by atoms with Crippen molar-refractivity contribution in [1.29, 1.82) is 0 Å². The molecule has 1 aromatic heterocycles. The summed E-state index contributed by atoms with van der Waals surface area (Å²) in [7, 11) is 0. The Morgan fingerprint density at radius 1 is 1.33 bits per heavy atom. The molecule has 3 nitrogen and oxygen atoms in total. The van der Waals surface area contributed by atoms with Gasteiger partial charge in [-0.1, -0.05) is 30.7 Å². The smallest absolute Gasteiger partial charge is 0.0762 e. The molecule has 1 N–H and O–H groups in total. The van der Waals surface area contributed by atoms with E-state index in [-0.39, 0.29) is 0 Å². The Labute approximate surface area is 113 Å². The molecule has 0 saturated carbocycles. The van der Waals surface area contributed by atoms with Crippen LogP contribution >= 0.6 is 11.6 Å². The van der Waals surface area contributed by atoms with Crippen LogP contribution in [0.5, 0.6) is 0 Å². The molecule has 18 heavy (non-hydrogen) atoms. The Kier molecular flexibility index (Phi) is 4.79. The highest BCUT2D eigenvalue weighted by Crippen LogP contribution is 2.11. The maximum atomic E-state index is 5.96. The zero-order valence-electron chi connectivity index (χ0n) is 10.6. The van der Waals surface area contributed by atoms with E-state index in [1.54, 1.807) is 0 Å². The third kappa shape index (κ3) is 3.86. The van der Waals surface area contributed by atoms with Crippen LogP contribution in [0.3, 0.4) is 0 Å². The summed E-state index contributed by atoms with van der Waals surface area (Å²) in [6.45, 7) is 4.77. The first-order valence-electron chi connectivity index (χ1n) is 6.25. The molecule has 0 aliphatic carbocycles. The second-order valence-corrected chi connectivity index (χ2v) is 4.75. The normalized spacial score (nSPS) is 10.8. The van der Waals surface area contributed by atoms with Gasteiger partial charge in [-0.2, -0.15) is 5.10 Å². The van der Waals surface area contributed by atoms with Gasteiger partial charge < -0.3 is 5.32 Å². The average molecular weight is 264 g/mol. The van der Waals surface area contributed by atoms with Crippen molar-refractivity contribution in [3.8, 4) is 0 Å². The van der Waals surface area contributed by atoms with Crippen molar-refractivity contribution >= 4 is 11.6 Å². The molecule has 2 aromatic rings. The number of nitrogens with one attached hydrogen (secondary N) is 1. The fourth-order valence-corrected chi connectivity index (χ4v) is 2.01. The monoisotopic (exact) mass is 263 g/mol. The highest BCUT2D eigenvalue weighted by molar-refractivity contribution is 6.30. The van der Waals surface area contributed by atoms with Gasteiger partial charge in [0.2, 0.25) is 0 Å². The van der Waals surface area contributed by atoms with Crippen molar-refractivity contribution in [2.24, 2.45) is 0 Å². The van der Waals surface area contributed by atoms with Gasteiger partial charge in [-0.05, 0) is 36.7 Å². The molecule has 0 atom stereocenters. The van der Waals surface area contributed by atoms with Crippen LogP contribution in [0.2, 0.25) is 5.02 Å². The van der Waals surface area contributed by atoms with Crippen molar-refractivity contribution < 1.29 is 0 Å². The molecular weight excluding hydrogens is 246 g/mol. The van der Waals surface area contributed by atoms with Crippen molar-refractivity contribution in [1.82, 2.24) is 15.1 Å². The number of rotatable bonds is 6. The van der Waals surface area contributed by atoms with E-state index in [0.29, 0.717) is 0 Å². The highest BCUT2D eigenvalue weighted by atomic mass is 35.5. The van der Waals surface area contributed by atoms with Gasteiger partial charge >= 0.3 is 0 Å². The van der Waals surface area contributed by atoms with Crippen molar-refractivity contribution in [2.75, 3.05) is 6.54 Å². The highest BCUT2D eigenvalue weighted by Gasteiger charge is 2.00. The average Bonchev–Trinajstić information content (AvgIpc) is 2.77. The molecule has 0 aliphatic rings. The lowest BCUT2D eigenvalue weighted by atomic mass is 10.2. The fraction of sp³-hybridized carbons (Fsp3) is 0.357. The minimum atomic E-state index is 0.758. The summed E-state index contributed by atoms with van der Waals surface area (Å²) in [5.41, 5.74) is 2.24. The van der Waals surface area contributed by atoms with E-state index in [9.17, 15) is 0 Å². The molecule has 2 rings (SSSR count). The largest absolute Gasteiger partial charge is 0.311 e. The first-order chi connectivity index (χ1) is 8.78. The summed E-state index contributed by atoms with van der Waals surface area (Å²) >= 11 is 5.96. The third-order valence-electron chi connectivity index (χ3n) is 2.66. The summed E-state index contributed by atoms with van der Waals surface area (Å²) in [6, 6.07) is 9.92. The zero-order valence-corrected chi connectivity index (χ0v) is 11.3. The lowest BCUT2D eigenvalue weighted by molar-refractivity contribution is 0.628. The molecule has 1 aromatic carbocycles. The van der Waals surface area contributed by atoms with Crippen LogP contribution in [0.25, 0.3) is 0 Å². The molecule has 4 heteroatoms. The molecular formula is C14H18ClN3. The van der Waals surface area contributed by atoms with Crippen molar-refractivity contribution in [3.05, 3.63) is 52.8 Å². The summed E-state index contributed by atoms with van der Waals surface area (Å²) in [5, 5.41) is 8.63. The first-order valence-corrected chi connectivity index (χ1v) is 6.63. The maximum Gasteiger partial charge on any atom is 0.0762 e. The van der Waals surface area contributed by atoms with Crippen LogP contribution in [0.15, 0.2) is 36.5 Å². The van der Waals surface area contributed by atoms with Crippen molar-refractivity contribution in [3.63, 3.8) is 0 Å². The van der Waals surface area contributed by atoms with Crippen LogP contribution in [0.1, 0.15) is 24.6 Å². The predicted molar refractivity (Wildman–Crippen MR) is 74.8 cm³/mol. The van der Waals surface area contributed by atoms with Gasteiger partial charge in [0.15, 0.2) is 0 Å². The van der Waals surface area contributed by atoms with E-state index in [4.69, 9.17) is 11.6 Å². The summed E-state index contributed by atoms with van der Waals surface area (Å²) in [5.74, 6) is 0. The van der Waals surface area contributed by atoms with Gasteiger partial charge in [-0.3, -0.25) is 4.68 Å². The first kappa shape index (κ1) is 13.1. The third-order valence-corrected chi connectivity index (χ3v) is 2.90. The van der Waals surface area contributed by atoms with E-state index in [0.717, 1.165) is 36.8 Å². The Hall–Kier alpha value is -1.32. The molecule has 0 bridgehead atoms. The Balaban J connectivity index is 1.94. The molecule has 0 fully saturated rings. The molecule has 0 aliphatic heterocycles.